The first kappa shape index (κ1) is 15.2. The molecule has 1 aliphatic rings. The number of H-pyrrole nitrogens is 1. The van der Waals surface area contributed by atoms with Crippen molar-refractivity contribution in [3.63, 3.8) is 0 Å². The largest absolute Gasteiger partial charge is 0.310 e. The van der Waals surface area contributed by atoms with Gasteiger partial charge < -0.3 is 5.32 Å². The topological polar surface area (TPSA) is 66.9 Å². The summed E-state index contributed by atoms with van der Waals surface area (Å²) in [6, 6.07) is 7.43. The number of aromatic nitrogens is 2. The minimum absolute atomic E-state index is 0.0470. The van der Waals surface area contributed by atoms with Gasteiger partial charge in [0.15, 0.2) is 0 Å². The molecule has 0 unspecified atom stereocenters. The van der Waals surface area contributed by atoms with E-state index in [9.17, 15) is 9.59 Å². The first-order valence-electron chi connectivity index (χ1n) is 6.98. The lowest BCUT2D eigenvalue weighted by atomic mass is 10.1. The predicted molar refractivity (Wildman–Crippen MR) is 89.8 cm³/mol. The molecule has 1 amide bonds. The van der Waals surface area contributed by atoms with Gasteiger partial charge in [-0.15, -0.1) is 11.8 Å². The molecule has 0 saturated carbocycles. The molecule has 0 saturated heterocycles. The number of halogens is 1. The van der Waals surface area contributed by atoms with Gasteiger partial charge in [0.2, 0.25) is 5.91 Å². The number of anilines is 1. The fraction of sp³-hybridized carbons (Fsp3) is 0.333. The summed E-state index contributed by atoms with van der Waals surface area (Å²) in [6.07, 6.45) is 0. The van der Waals surface area contributed by atoms with Gasteiger partial charge in [-0.25, -0.2) is 0 Å². The quantitative estimate of drug-likeness (QED) is 0.884. The second-order valence-corrected chi connectivity index (χ2v) is 6.99. The molecule has 0 bridgehead atoms. The van der Waals surface area contributed by atoms with E-state index in [0.29, 0.717) is 22.2 Å². The van der Waals surface area contributed by atoms with Crippen LogP contribution in [-0.4, -0.2) is 21.4 Å². The summed E-state index contributed by atoms with van der Waals surface area (Å²) < 4.78 is 1.71. The molecule has 2 heterocycles. The Balaban J connectivity index is 2.17. The number of nitrogens with zero attached hydrogens (tertiary/aromatic N) is 1. The lowest BCUT2D eigenvalue weighted by Gasteiger charge is -2.15. The van der Waals surface area contributed by atoms with Gasteiger partial charge in [0.25, 0.3) is 5.56 Å². The molecular weight excluding hydrogens is 322 g/mol. The number of hydrogen-bond donors (Lipinski definition) is 2. The smallest absolute Gasteiger partial charge is 0.270 e. The first-order valence-corrected chi connectivity index (χ1v) is 8.41. The highest BCUT2D eigenvalue weighted by molar-refractivity contribution is 8.00. The first-order chi connectivity index (χ1) is 10.5. The van der Waals surface area contributed by atoms with Gasteiger partial charge in [-0.2, -0.15) is 0 Å². The van der Waals surface area contributed by atoms with Crippen molar-refractivity contribution in [1.29, 1.82) is 0 Å². The van der Waals surface area contributed by atoms with Gasteiger partial charge in [0, 0.05) is 11.1 Å². The van der Waals surface area contributed by atoms with E-state index in [2.05, 4.69) is 10.4 Å². The van der Waals surface area contributed by atoms with Crippen molar-refractivity contribution in [1.82, 2.24) is 9.78 Å². The van der Waals surface area contributed by atoms with Gasteiger partial charge in [-0.1, -0.05) is 23.7 Å². The summed E-state index contributed by atoms with van der Waals surface area (Å²) in [5.74, 6) is 0.769. The molecule has 1 aromatic carbocycles. The van der Waals surface area contributed by atoms with E-state index in [1.54, 1.807) is 16.8 Å². The van der Waals surface area contributed by atoms with Crippen LogP contribution in [0.15, 0.2) is 29.1 Å². The summed E-state index contributed by atoms with van der Waals surface area (Å²) in [5.41, 5.74) is 1.38. The molecule has 3 rings (SSSR count). The Morgan fingerprint density at radius 2 is 1.95 bits per heavy atom. The van der Waals surface area contributed by atoms with Crippen molar-refractivity contribution < 1.29 is 4.79 Å². The van der Waals surface area contributed by atoms with Gasteiger partial charge >= 0.3 is 0 Å². The third-order valence-electron chi connectivity index (χ3n) is 3.55. The number of thioether (sulfide) groups is 1. The SMILES string of the molecule is CC(C)n1[nH]c(=O)c2c1NC(=O)CS[C@H]2c1ccc(Cl)cc1. The van der Waals surface area contributed by atoms with E-state index in [1.807, 2.05) is 26.0 Å². The molecule has 1 aliphatic heterocycles. The maximum Gasteiger partial charge on any atom is 0.270 e. The summed E-state index contributed by atoms with van der Waals surface area (Å²) in [5, 5.41) is 6.12. The van der Waals surface area contributed by atoms with Crippen LogP contribution in [0.4, 0.5) is 5.82 Å². The Labute approximate surface area is 137 Å². The minimum atomic E-state index is -0.199. The summed E-state index contributed by atoms with van der Waals surface area (Å²) in [6.45, 7) is 3.91. The van der Waals surface area contributed by atoms with Crippen molar-refractivity contribution in [3.8, 4) is 0 Å². The summed E-state index contributed by atoms with van der Waals surface area (Å²) in [4.78, 5) is 24.4. The number of amides is 1. The second-order valence-electron chi connectivity index (χ2n) is 5.46. The van der Waals surface area contributed by atoms with Crippen molar-refractivity contribution >= 4 is 35.1 Å². The number of carbonyl (C=O) groups is 1. The molecule has 1 aromatic heterocycles. The molecule has 1 atom stereocenters. The number of nitrogens with one attached hydrogen (secondary N) is 2. The summed E-state index contributed by atoms with van der Waals surface area (Å²) >= 11 is 7.38. The van der Waals surface area contributed by atoms with E-state index < -0.39 is 0 Å². The van der Waals surface area contributed by atoms with E-state index in [0.717, 1.165) is 5.56 Å². The molecule has 2 aromatic rings. The van der Waals surface area contributed by atoms with Crippen LogP contribution >= 0.6 is 23.4 Å². The number of hydrogen-bond acceptors (Lipinski definition) is 3. The Bertz CT molecular complexity index is 764. The van der Waals surface area contributed by atoms with E-state index in [1.165, 1.54) is 11.8 Å². The third-order valence-corrected chi connectivity index (χ3v) is 5.07. The Morgan fingerprint density at radius 1 is 1.27 bits per heavy atom. The van der Waals surface area contributed by atoms with Crippen LogP contribution in [-0.2, 0) is 4.79 Å². The zero-order chi connectivity index (χ0) is 15.9. The fourth-order valence-electron chi connectivity index (χ4n) is 2.53. The number of benzene rings is 1. The van der Waals surface area contributed by atoms with Gasteiger partial charge in [0.1, 0.15) is 5.82 Å². The van der Waals surface area contributed by atoms with E-state index >= 15 is 0 Å². The van der Waals surface area contributed by atoms with Crippen LogP contribution in [0.3, 0.4) is 0 Å². The van der Waals surface area contributed by atoms with Crippen molar-refractivity contribution in [2.45, 2.75) is 25.1 Å². The van der Waals surface area contributed by atoms with Crippen LogP contribution in [0.5, 0.6) is 0 Å². The Kier molecular flexibility index (Phi) is 4.06. The van der Waals surface area contributed by atoms with Crippen LogP contribution in [0.1, 0.15) is 36.3 Å². The minimum Gasteiger partial charge on any atom is -0.310 e. The number of aromatic amines is 1. The average molecular weight is 338 g/mol. The van der Waals surface area contributed by atoms with Gasteiger partial charge in [-0.05, 0) is 31.5 Å². The standard InChI is InChI=1S/C15H16ClN3O2S/c1-8(2)19-14-12(15(21)18-19)13(22-7-11(20)17-14)9-3-5-10(16)6-4-9/h3-6,8,13H,7H2,1-2H3,(H,17,20)(H,18,21)/t13-/m0/s1. The maximum atomic E-state index is 12.4. The normalized spacial score (nSPS) is 18.0. The monoisotopic (exact) mass is 337 g/mol. The molecule has 2 N–H and O–H groups in total. The van der Waals surface area contributed by atoms with Crippen molar-refractivity contribution in [3.05, 3.63) is 50.8 Å². The zero-order valence-electron chi connectivity index (χ0n) is 12.2. The zero-order valence-corrected chi connectivity index (χ0v) is 13.8. The highest BCUT2D eigenvalue weighted by atomic mass is 35.5. The van der Waals surface area contributed by atoms with Crippen molar-refractivity contribution in [2.75, 3.05) is 11.1 Å². The fourth-order valence-corrected chi connectivity index (χ4v) is 3.78. The van der Waals surface area contributed by atoms with E-state index in [-0.39, 0.29) is 22.8 Å². The summed E-state index contributed by atoms with van der Waals surface area (Å²) in [7, 11) is 0. The van der Waals surface area contributed by atoms with Crippen LogP contribution in [0.2, 0.25) is 5.02 Å². The Morgan fingerprint density at radius 3 is 2.59 bits per heavy atom. The highest BCUT2D eigenvalue weighted by Crippen LogP contribution is 2.40. The van der Waals surface area contributed by atoms with E-state index in [4.69, 9.17) is 11.6 Å². The molecule has 5 nitrogen and oxygen atoms in total. The average Bonchev–Trinajstić information content (AvgIpc) is 2.68. The molecule has 22 heavy (non-hydrogen) atoms. The third kappa shape index (κ3) is 2.68. The number of carbonyl (C=O) groups excluding carboxylic acids is 1. The lowest BCUT2D eigenvalue weighted by Crippen LogP contribution is -2.17. The number of fused-ring (bicyclic) bond motifs is 1. The highest BCUT2D eigenvalue weighted by Gasteiger charge is 2.30. The van der Waals surface area contributed by atoms with Crippen LogP contribution in [0, 0.1) is 0 Å². The molecule has 0 radical (unpaired) electrons. The van der Waals surface area contributed by atoms with Gasteiger partial charge in [-0.3, -0.25) is 19.4 Å². The molecule has 116 valence electrons. The van der Waals surface area contributed by atoms with Crippen LogP contribution < -0.4 is 10.9 Å². The van der Waals surface area contributed by atoms with Gasteiger partial charge in [0.05, 0.1) is 16.6 Å². The predicted octanol–water partition coefficient (Wildman–Crippen LogP) is 3.19. The Hall–Kier alpha value is -1.66. The number of rotatable bonds is 2. The molecular formula is C15H16ClN3O2S. The molecule has 0 fully saturated rings. The second kappa shape index (κ2) is 5.85. The maximum absolute atomic E-state index is 12.4. The lowest BCUT2D eigenvalue weighted by molar-refractivity contribution is -0.113. The molecule has 0 aliphatic carbocycles. The molecule has 0 spiro atoms. The van der Waals surface area contributed by atoms with Crippen LogP contribution in [0.25, 0.3) is 0 Å². The van der Waals surface area contributed by atoms with Crippen molar-refractivity contribution in [2.24, 2.45) is 0 Å². The molecule has 7 heteroatoms.